The first kappa shape index (κ1) is 20.9. The second-order valence-corrected chi connectivity index (χ2v) is 8.46. The first-order chi connectivity index (χ1) is 12.6. The van der Waals surface area contributed by atoms with Crippen molar-refractivity contribution in [3.63, 3.8) is 0 Å². The topological polar surface area (TPSA) is 66.5 Å². The molecule has 0 unspecified atom stereocenters. The number of nitrogens with one attached hydrogen (secondary N) is 1. The average Bonchev–Trinajstić information content (AvgIpc) is 2.60. The van der Waals surface area contributed by atoms with Crippen molar-refractivity contribution in [2.45, 2.75) is 39.3 Å². The fourth-order valence-corrected chi connectivity index (χ4v) is 4.11. The molecule has 1 amide bonds. The third-order valence-corrected chi connectivity index (χ3v) is 5.53. The third kappa shape index (κ3) is 5.29. The summed E-state index contributed by atoms with van der Waals surface area (Å²) in [4.78, 5) is 12.9. The molecule has 0 bridgehead atoms. The highest BCUT2D eigenvalue weighted by Crippen LogP contribution is 2.23. The van der Waals surface area contributed by atoms with Crippen LogP contribution in [0.2, 0.25) is 0 Å². The molecular formula is C20H25FN2O3S. The molecule has 0 spiro atoms. The van der Waals surface area contributed by atoms with Crippen LogP contribution < -0.4 is 9.62 Å². The molecule has 27 heavy (non-hydrogen) atoms. The number of amides is 1. The molecule has 0 aromatic heterocycles. The monoisotopic (exact) mass is 392 g/mol. The van der Waals surface area contributed by atoms with Crippen LogP contribution >= 0.6 is 0 Å². The SMILES string of the molecule is CC[C@@H](C(=O)N[C@@H](C)c1ccc(C)cc1)N(c1ccc(F)cc1)S(C)(=O)=O. The van der Waals surface area contributed by atoms with Gasteiger partial charge in [0.15, 0.2) is 0 Å². The summed E-state index contributed by atoms with van der Waals surface area (Å²) in [5.74, 6) is -0.877. The van der Waals surface area contributed by atoms with Crippen LogP contribution in [-0.2, 0) is 14.8 Å². The number of nitrogens with zero attached hydrogens (tertiary/aromatic N) is 1. The summed E-state index contributed by atoms with van der Waals surface area (Å²) in [5, 5.41) is 2.88. The van der Waals surface area contributed by atoms with Gasteiger partial charge in [-0.05, 0) is 50.1 Å². The van der Waals surface area contributed by atoms with E-state index in [-0.39, 0.29) is 18.2 Å². The van der Waals surface area contributed by atoms with E-state index in [2.05, 4.69) is 5.32 Å². The highest BCUT2D eigenvalue weighted by atomic mass is 32.2. The van der Waals surface area contributed by atoms with Crippen LogP contribution in [0.1, 0.15) is 37.4 Å². The summed E-state index contributed by atoms with van der Waals surface area (Å²) in [6.07, 6.45) is 1.31. The number of aryl methyl sites for hydroxylation is 1. The van der Waals surface area contributed by atoms with E-state index in [0.29, 0.717) is 0 Å². The lowest BCUT2D eigenvalue weighted by Crippen LogP contribution is -2.49. The first-order valence-electron chi connectivity index (χ1n) is 8.75. The second kappa shape index (κ2) is 8.52. The summed E-state index contributed by atoms with van der Waals surface area (Å²) in [6, 6.07) is 11.6. The van der Waals surface area contributed by atoms with E-state index < -0.39 is 27.8 Å². The second-order valence-electron chi connectivity index (χ2n) is 6.60. The molecular weight excluding hydrogens is 367 g/mol. The van der Waals surface area contributed by atoms with Crippen LogP contribution in [0.15, 0.2) is 48.5 Å². The number of carbonyl (C=O) groups excluding carboxylic acids is 1. The molecule has 0 saturated carbocycles. The van der Waals surface area contributed by atoms with E-state index in [1.165, 1.54) is 24.3 Å². The summed E-state index contributed by atoms with van der Waals surface area (Å²) >= 11 is 0. The molecule has 1 N–H and O–H groups in total. The Balaban J connectivity index is 2.28. The maximum atomic E-state index is 13.2. The molecule has 0 fully saturated rings. The van der Waals surface area contributed by atoms with Gasteiger partial charge in [-0.1, -0.05) is 36.8 Å². The lowest BCUT2D eigenvalue weighted by Gasteiger charge is -2.31. The van der Waals surface area contributed by atoms with Crippen LogP contribution in [-0.4, -0.2) is 26.6 Å². The highest BCUT2D eigenvalue weighted by Gasteiger charge is 2.32. The van der Waals surface area contributed by atoms with Crippen LogP contribution in [0.5, 0.6) is 0 Å². The van der Waals surface area contributed by atoms with Crippen LogP contribution in [0.4, 0.5) is 10.1 Å². The van der Waals surface area contributed by atoms with E-state index >= 15 is 0 Å². The van der Waals surface area contributed by atoms with Gasteiger partial charge in [-0.2, -0.15) is 0 Å². The Bertz CT molecular complexity index is 880. The summed E-state index contributed by atoms with van der Waals surface area (Å²) in [5.41, 5.74) is 2.30. The van der Waals surface area contributed by atoms with Crippen molar-refractivity contribution in [2.24, 2.45) is 0 Å². The number of halogens is 1. The minimum Gasteiger partial charge on any atom is -0.348 e. The van der Waals surface area contributed by atoms with Gasteiger partial charge in [0.2, 0.25) is 15.9 Å². The quantitative estimate of drug-likeness (QED) is 0.784. The number of anilines is 1. The van der Waals surface area contributed by atoms with Crippen LogP contribution in [0, 0.1) is 12.7 Å². The van der Waals surface area contributed by atoms with Crippen molar-refractivity contribution in [1.82, 2.24) is 5.32 Å². The van der Waals surface area contributed by atoms with Crippen LogP contribution in [0.25, 0.3) is 0 Å². The Morgan fingerprint density at radius 1 is 1.11 bits per heavy atom. The van der Waals surface area contributed by atoms with Crippen molar-refractivity contribution in [3.05, 3.63) is 65.5 Å². The Morgan fingerprint density at radius 3 is 2.15 bits per heavy atom. The van der Waals surface area contributed by atoms with Gasteiger partial charge in [0.25, 0.3) is 0 Å². The molecule has 5 nitrogen and oxygen atoms in total. The maximum absolute atomic E-state index is 13.2. The van der Waals surface area contributed by atoms with Gasteiger partial charge in [0, 0.05) is 0 Å². The van der Waals surface area contributed by atoms with Gasteiger partial charge in [0.1, 0.15) is 11.9 Å². The van der Waals surface area contributed by atoms with Crippen molar-refractivity contribution in [2.75, 3.05) is 10.6 Å². The lowest BCUT2D eigenvalue weighted by atomic mass is 10.1. The molecule has 146 valence electrons. The number of sulfonamides is 1. The summed E-state index contributed by atoms with van der Waals surface area (Å²) in [7, 11) is -3.74. The Hall–Kier alpha value is -2.41. The molecule has 0 aliphatic rings. The predicted molar refractivity (Wildman–Crippen MR) is 106 cm³/mol. The predicted octanol–water partition coefficient (Wildman–Crippen LogP) is 3.56. The molecule has 0 aliphatic heterocycles. The molecule has 0 saturated heterocycles. The fourth-order valence-electron chi connectivity index (χ4n) is 2.90. The molecule has 7 heteroatoms. The van der Waals surface area contributed by atoms with Crippen molar-refractivity contribution in [1.29, 1.82) is 0 Å². The van der Waals surface area contributed by atoms with E-state index in [0.717, 1.165) is 21.7 Å². The first-order valence-corrected chi connectivity index (χ1v) is 10.6. The molecule has 0 heterocycles. The molecule has 0 aliphatic carbocycles. The standard InChI is InChI=1S/C20H25FN2O3S/c1-5-19(20(24)22-15(3)16-8-6-14(2)7-9-16)23(27(4,25)26)18-12-10-17(21)11-13-18/h6-13,15,19H,5H2,1-4H3,(H,22,24)/t15-,19-/m0/s1. The molecule has 2 aromatic rings. The lowest BCUT2D eigenvalue weighted by molar-refractivity contribution is -0.122. The average molecular weight is 392 g/mol. The molecule has 2 rings (SSSR count). The molecule has 0 radical (unpaired) electrons. The highest BCUT2D eigenvalue weighted by molar-refractivity contribution is 7.92. The zero-order chi connectivity index (χ0) is 20.2. The van der Waals surface area contributed by atoms with Gasteiger partial charge in [-0.3, -0.25) is 9.10 Å². The zero-order valence-corrected chi connectivity index (χ0v) is 16.8. The van der Waals surface area contributed by atoms with E-state index in [1.54, 1.807) is 6.92 Å². The third-order valence-electron chi connectivity index (χ3n) is 4.35. The van der Waals surface area contributed by atoms with E-state index in [4.69, 9.17) is 0 Å². The summed E-state index contributed by atoms with van der Waals surface area (Å²) in [6.45, 7) is 5.56. The smallest absolute Gasteiger partial charge is 0.244 e. The van der Waals surface area contributed by atoms with Gasteiger partial charge in [0.05, 0.1) is 18.0 Å². The normalized spacial score (nSPS) is 13.7. The van der Waals surface area contributed by atoms with Crippen LogP contribution in [0.3, 0.4) is 0 Å². The molecule has 2 aromatic carbocycles. The number of hydrogen-bond donors (Lipinski definition) is 1. The van der Waals surface area contributed by atoms with Crippen molar-refractivity contribution >= 4 is 21.6 Å². The van der Waals surface area contributed by atoms with Crippen molar-refractivity contribution < 1.29 is 17.6 Å². The minimum atomic E-state index is -3.74. The molecule has 2 atom stereocenters. The van der Waals surface area contributed by atoms with Crippen molar-refractivity contribution in [3.8, 4) is 0 Å². The minimum absolute atomic E-state index is 0.254. The van der Waals surface area contributed by atoms with E-state index in [1.807, 2.05) is 38.1 Å². The van der Waals surface area contributed by atoms with Gasteiger partial charge < -0.3 is 5.32 Å². The van der Waals surface area contributed by atoms with Gasteiger partial charge in [-0.15, -0.1) is 0 Å². The van der Waals surface area contributed by atoms with E-state index in [9.17, 15) is 17.6 Å². The number of hydrogen-bond acceptors (Lipinski definition) is 3. The Morgan fingerprint density at radius 2 is 1.67 bits per heavy atom. The Kier molecular flexibility index (Phi) is 6.59. The number of rotatable bonds is 7. The fraction of sp³-hybridized carbons (Fsp3) is 0.350. The number of carbonyl (C=O) groups is 1. The van der Waals surface area contributed by atoms with Gasteiger partial charge >= 0.3 is 0 Å². The maximum Gasteiger partial charge on any atom is 0.244 e. The Labute approximate surface area is 160 Å². The summed E-state index contributed by atoms with van der Waals surface area (Å²) < 4.78 is 39.0. The zero-order valence-electron chi connectivity index (χ0n) is 15.9. The number of benzene rings is 2. The van der Waals surface area contributed by atoms with Gasteiger partial charge in [-0.25, -0.2) is 12.8 Å². The largest absolute Gasteiger partial charge is 0.348 e.